The van der Waals surface area contributed by atoms with Gasteiger partial charge in [-0.25, -0.2) is 0 Å². The van der Waals surface area contributed by atoms with Gasteiger partial charge in [0.05, 0.1) is 6.04 Å². The molecule has 3 nitrogen and oxygen atoms in total. The van der Waals surface area contributed by atoms with Crippen LogP contribution in [0.25, 0.3) is 0 Å². The summed E-state index contributed by atoms with van der Waals surface area (Å²) >= 11 is 3.52. The Balaban J connectivity index is 2.18. The first kappa shape index (κ1) is 16.7. The van der Waals surface area contributed by atoms with Crippen molar-refractivity contribution in [1.29, 1.82) is 0 Å². The molecular formula is C16H24N2OS2. The Labute approximate surface area is 136 Å². The molecule has 1 aromatic rings. The van der Waals surface area contributed by atoms with Gasteiger partial charge >= 0.3 is 0 Å². The Hall–Kier alpha value is -0.650. The summed E-state index contributed by atoms with van der Waals surface area (Å²) in [6.45, 7) is 2.93. The number of nitrogens with one attached hydrogen (secondary N) is 1. The molecule has 0 radical (unpaired) electrons. The third-order valence-electron chi connectivity index (χ3n) is 3.80. The van der Waals surface area contributed by atoms with Crippen molar-refractivity contribution in [3.8, 4) is 0 Å². The lowest BCUT2D eigenvalue weighted by Crippen LogP contribution is -2.33. The number of hydrogen-bond acceptors (Lipinski definition) is 4. The average molecular weight is 325 g/mol. The van der Waals surface area contributed by atoms with Crippen LogP contribution in [0.2, 0.25) is 0 Å². The summed E-state index contributed by atoms with van der Waals surface area (Å²) in [5.74, 6) is 1.23. The van der Waals surface area contributed by atoms with Gasteiger partial charge in [0.15, 0.2) is 0 Å². The van der Waals surface area contributed by atoms with E-state index in [1.807, 2.05) is 4.90 Å². The maximum absolute atomic E-state index is 12.6. The van der Waals surface area contributed by atoms with Gasteiger partial charge in [0.25, 0.3) is 0 Å². The lowest BCUT2D eigenvalue weighted by atomic mass is 10.1. The largest absolute Gasteiger partial charge is 0.321 e. The van der Waals surface area contributed by atoms with Gasteiger partial charge < -0.3 is 4.90 Å². The molecule has 0 aromatic heterocycles. The molecular weight excluding hydrogens is 300 g/mol. The third-order valence-corrected chi connectivity index (χ3v) is 5.13. The van der Waals surface area contributed by atoms with E-state index in [2.05, 4.69) is 49.0 Å². The van der Waals surface area contributed by atoms with Crippen molar-refractivity contribution < 1.29 is 4.79 Å². The fraction of sp³-hybridized carbons (Fsp3) is 0.562. The fourth-order valence-electron chi connectivity index (χ4n) is 2.67. The summed E-state index contributed by atoms with van der Waals surface area (Å²) in [6, 6.07) is 8.51. The van der Waals surface area contributed by atoms with Gasteiger partial charge in [-0.2, -0.15) is 11.8 Å². The van der Waals surface area contributed by atoms with Gasteiger partial charge in [0, 0.05) is 17.2 Å². The van der Waals surface area contributed by atoms with Gasteiger partial charge in [-0.3, -0.25) is 10.1 Å². The summed E-state index contributed by atoms with van der Waals surface area (Å²) in [5, 5.41) is 3.51. The molecule has 1 saturated heterocycles. The molecule has 1 aliphatic heterocycles. The second kappa shape index (κ2) is 8.11. The zero-order chi connectivity index (χ0) is 15.2. The van der Waals surface area contributed by atoms with Crippen LogP contribution >= 0.6 is 23.5 Å². The lowest BCUT2D eigenvalue weighted by Gasteiger charge is -2.24. The summed E-state index contributed by atoms with van der Waals surface area (Å²) in [7, 11) is 0. The molecule has 0 saturated carbocycles. The van der Waals surface area contributed by atoms with Crippen LogP contribution in [0.5, 0.6) is 0 Å². The molecule has 1 aliphatic rings. The predicted molar refractivity (Wildman–Crippen MR) is 92.9 cm³/mol. The number of carbonyl (C=O) groups is 1. The second-order valence-electron chi connectivity index (χ2n) is 5.21. The minimum absolute atomic E-state index is 0.0251. The van der Waals surface area contributed by atoms with Gasteiger partial charge in [0.2, 0.25) is 5.91 Å². The topological polar surface area (TPSA) is 32.3 Å². The first-order chi connectivity index (χ1) is 10.2. The van der Waals surface area contributed by atoms with Gasteiger partial charge in [-0.15, -0.1) is 11.8 Å². The molecule has 0 aliphatic carbocycles. The van der Waals surface area contributed by atoms with E-state index in [1.165, 1.54) is 10.5 Å². The van der Waals surface area contributed by atoms with Crippen LogP contribution in [0, 0.1) is 0 Å². The Kier molecular flexibility index (Phi) is 6.45. The Morgan fingerprint density at radius 3 is 2.52 bits per heavy atom. The minimum Gasteiger partial charge on any atom is -0.321 e. The summed E-state index contributed by atoms with van der Waals surface area (Å²) in [4.78, 5) is 15.8. The van der Waals surface area contributed by atoms with Crippen molar-refractivity contribution in [1.82, 2.24) is 10.2 Å². The number of benzene rings is 1. The number of rotatable bonds is 7. The van der Waals surface area contributed by atoms with Gasteiger partial charge in [0.1, 0.15) is 6.17 Å². The van der Waals surface area contributed by atoms with E-state index < -0.39 is 0 Å². The fourth-order valence-corrected chi connectivity index (χ4v) is 3.45. The standard InChI is InChI=1S/C16H24N2OS2/c1-4-5-14-16(19)18(10-11-20-2)15(17-14)12-6-8-13(21-3)9-7-12/h6-9,14-15,17H,4-5,10-11H2,1-3H3. The number of carbonyl (C=O) groups excluding carboxylic acids is 1. The highest BCUT2D eigenvalue weighted by atomic mass is 32.2. The van der Waals surface area contributed by atoms with Crippen LogP contribution in [0.15, 0.2) is 29.2 Å². The van der Waals surface area contributed by atoms with Crippen molar-refractivity contribution in [3.63, 3.8) is 0 Å². The van der Waals surface area contributed by atoms with Gasteiger partial charge in [-0.05, 0) is 36.6 Å². The van der Waals surface area contributed by atoms with E-state index in [1.54, 1.807) is 23.5 Å². The van der Waals surface area contributed by atoms with Crippen molar-refractivity contribution in [2.75, 3.05) is 24.8 Å². The number of thioether (sulfide) groups is 2. The molecule has 116 valence electrons. The molecule has 1 N–H and O–H groups in total. The second-order valence-corrected chi connectivity index (χ2v) is 7.07. The van der Waals surface area contributed by atoms with Crippen LogP contribution in [0.1, 0.15) is 31.5 Å². The van der Waals surface area contributed by atoms with Crippen LogP contribution in [0.4, 0.5) is 0 Å². The number of hydrogen-bond donors (Lipinski definition) is 1. The Morgan fingerprint density at radius 2 is 1.95 bits per heavy atom. The Morgan fingerprint density at radius 1 is 1.24 bits per heavy atom. The minimum atomic E-state index is -0.0258. The molecule has 21 heavy (non-hydrogen) atoms. The van der Waals surface area contributed by atoms with Crippen LogP contribution in [0.3, 0.4) is 0 Å². The monoisotopic (exact) mass is 324 g/mol. The summed E-state index contributed by atoms with van der Waals surface area (Å²) < 4.78 is 0. The highest BCUT2D eigenvalue weighted by Crippen LogP contribution is 2.28. The van der Waals surface area contributed by atoms with E-state index in [9.17, 15) is 4.79 Å². The van der Waals surface area contributed by atoms with E-state index >= 15 is 0 Å². The summed E-state index contributed by atoms with van der Waals surface area (Å²) in [6.07, 6.45) is 6.12. The molecule has 2 rings (SSSR count). The SMILES string of the molecule is CCCC1NC(c2ccc(SC)cc2)N(CCSC)C1=O. The van der Waals surface area contributed by atoms with Crippen molar-refractivity contribution in [2.24, 2.45) is 0 Å². The Bertz CT molecular complexity index is 464. The van der Waals surface area contributed by atoms with Crippen LogP contribution in [-0.2, 0) is 4.79 Å². The normalized spacial score (nSPS) is 22.0. The third kappa shape index (κ3) is 3.96. The van der Waals surface area contributed by atoms with Crippen LogP contribution < -0.4 is 5.32 Å². The first-order valence-corrected chi connectivity index (χ1v) is 10.0. The van der Waals surface area contributed by atoms with Crippen molar-refractivity contribution in [3.05, 3.63) is 29.8 Å². The summed E-state index contributed by atoms with van der Waals surface area (Å²) in [5.41, 5.74) is 1.18. The highest BCUT2D eigenvalue weighted by Gasteiger charge is 2.38. The molecule has 0 bridgehead atoms. The molecule has 1 fully saturated rings. The maximum atomic E-state index is 12.6. The molecule has 5 heteroatoms. The molecule has 1 amide bonds. The van der Waals surface area contributed by atoms with Crippen LogP contribution in [-0.4, -0.2) is 41.7 Å². The lowest BCUT2D eigenvalue weighted by molar-refractivity contribution is -0.130. The molecule has 1 aromatic carbocycles. The maximum Gasteiger partial charge on any atom is 0.241 e. The molecule has 0 spiro atoms. The zero-order valence-corrected chi connectivity index (χ0v) is 14.6. The molecule has 1 heterocycles. The number of nitrogens with zero attached hydrogens (tertiary/aromatic N) is 1. The van der Waals surface area contributed by atoms with E-state index in [0.717, 1.165) is 25.1 Å². The van der Waals surface area contributed by atoms with Crippen molar-refractivity contribution >= 4 is 29.4 Å². The van der Waals surface area contributed by atoms with Crippen molar-refractivity contribution in [2.45, 2.75) is 36.9 Å². The number of amides is 1. The molecule has 2 unspecified atom stereocenters. The van der Waals surface area contributed by atoms with E-state index in [-0.39, 0.29) is 18.1 Å². The smallest absolute Gasteiger partial charge is 0.241 e. The predicted octanol–water partition coefficient (Wildman–Crippen LogP) is 3.37. The quantitative estimate of drug-likeness (QED) is 0.780. The average Bonchev–Trinajstić information content (AvgIpc) is 2.82. The van der Waals surface area contributed by atoms with Gasteiger partial charge in [-0.1, -0.05) is 25.5 Å². The van der Waals surface area contributed by atoms with E-state index in [0.29, 0.717) is 0 Å². The first-order valence-electron chi connectivity index (χ1n) is 7.40. The zero-order valence-electron chi connectivity index (χ0n) is 13.0. The molecule has 2 atom stereocenters. The van der Waals surface area contributed by atoms with E-state index in [4.69, 9.17) is 0 Å². The highest BCUT2D eigenvalue weighted by molar-refractivity contribution is 7.98.